The molecule has 0 aliphatic rings. The number of rotatable bonds is 4. The van der Waals surface area contributed by atoms with E-state index in [2.05, 4.69) is 4.74 Å². The van der Waals surface area contributed by atoms with Gasteiger partial charge in [0, 0.05) is 12.1 Å². The topological polar surface area (TPSA) is 89.7 Å². The van der Waals surface area contributed by atoms with Gasteiger partial charge in [-0.2, -0.15) is 13.2 Å². The van der Waals surface area contributed by atoms with Crippen molar-refractivity contribution >= 4 is 11.7 Å². The SMILES string of the molecule is CC(Oc1cc(C(=O)O)ccc1[N+](=O)[O-])C(F)(F)F. The largest absolute Gasteiger partial charge is 0.478 e. The van der Waals surface area contributed by atoms with Crippen LogP contribution in [0.1, 0.15) is 17.3 Å². The summed E-state index contributed by atoms with van der Waals surface area (Å²) in [5.74, 6) is -2.17. The molecule has 6 nitrogen and oxygen atoms in total. The van der Waals surface area contributed by atoms with Crippen molar-refractivity contribution in [1.82, 2.24) is 0 Å². The van der Waals surface area contributed by atoms with Crippen molar-refractivity contribution in [3.63, 3.8) is 0 Å². The number of aromatic carboxylic acids is 1. The molecule has 0 saturated heterocycles. The molecule has 0 radical (unpaired) electrons. The van der Waals surface area contributed by atoms with Crippen molar-refractivity contribution in [2.45, 2.75) is 19.2 Å². The van der Waals surface area contributed by atoms with E-state index in [1.54, 1.807) is 0 Å². The monoisotopic (exact) mass is 279 g/mol. The van der Waals surface area contributed by atoms with Gasteiger partial charge in [0.1, 0.15) is 0 Å². The molecule has 0 amide bonds. The van der Waals surface area contributed by atoms with Crippen molar-refractivity contribution in [2.24, 2.45) is 0 Å². The number of nitrogens with zero attached hydrogens (tertiary/aromatic N) is 1. The summed E-state index contributed by atoms with van der Waals surface area (Å²) in [7, 11) is 0. The standard InChI is InChI=1S/C10H8F3NO5/c1-5(10(11,12)13)19-8-4-6(9(15)16)2-3-7(8)14(17)18/h2-5H,1H3,(H,15,16). The first-order valence-corrected chi connectivity index (χ1v) is 4.88. The van der Waals surface area contributed by atoms with Crippen molar-refractivity contribution in [1.29, 1.82) is 0 Å². The molecule has 1 unspecified atom stereocenters. The van der Waals surface area contributed by atoms with Gasteiger partial charge in [0.2, 0.25) is 0 Å². The average molecular weight is 279 g/mol. The van der Waals surface area contributed by atoms with E-state index in [0.29, 0.717) is 13.0 Å². The van der Waals surface area contributed by atoms with Crippen LogP contribution >= 0.6 is 0 Å². The van der Waals surface area contributed by atoms with E-state index in [1.165, 1.54) is 0 Å². The van der Waals surface area contributed by atoms with Crippen molar-refractivity contribution in [3.8, 4) is 5.75 Å². The number of carboxylic acids is 1. The lowest BCUT2D eigenvalue weighted by Crippen LogP contribution is -2.31. The Bertz CT molecular complexity index is 514. The van der Waals surface area contributed by atoms with Gasteiger partial charge in [0.15, 0.2) is 11.9 Å². The van der Waals surface area contributed by atoms with Crippen LogP contribution in [0.2, 0.25) is 0 Å². The van der Waals surface area contributed by atoms with E-state index in [1.807, 2.05) is 0 Å². The van der Waals surface area contributed by atoms with Gasteiger partial charge in [0.25, 0.3) is 0 Å². The molecular formula is C10H8F3NO5. The highest BCUT2D eigenvalue weighted by Gasteiger charge is 2.39. The van der Waals surface area contributed by atoms with Gasteiger partial charge in [-0.3, -0.25) is 10.1 Å². The molecular weight excluding hydrogens is 271 g/mol. The van der Waals surface area contributed by atoms with Crippen LogP contribution in [0.3, 0.4) is 0 Å². The van der Waals surface area contributed by atoms with E-state index in [-0.39, 0.29) is 0 Å². The highest BCUT2D eigenvalue weighted by molar-refractivity contribution is 5.88. The van der Waals surface area contributed by atoms with Crippen molar-refractivity contribution < 1.29 is 32.7 Å². The summed E-state index contributed by atoms with van der Waals surface area (Å²) in [4.78, 5) is 20.3. The third-order valence-corrected chi connectivity index (χ3v) is 2.17. The zero-order valence-corrected chi connectivity index (χ0v) is 9.47. The smallest absolute Gasteiger partial charge is 0.425 e. The molecule has 19 heavy (non-hydrogen) atoms. The van der Waals surface area contributed by atoms with Crippen LogP contribution in [-0.4, -0.2) is 28.3 Å². The van der Waals surface area contributed by atoms with Gasteiger partial charge < -0.3 is 9.84 Å². The Kier molecular flexibility index (Phi) is 3.98. The summed E-state index contributed by atoms with van der Waals surface area (Å²) in [5, 5.41) is 19.3. The summed E-state index contributed by atoms with van der Waals surface area (Å²) in [6, 6.07) is 2.37. The molecule has 9 heteroatoms. The molecule has 1 atom stereocenters. The molecule has 1 N–H and O–H groups in total. The molecule has 1 aromatic rings. The molecule has 0 spiro atoms. The molecule has 104 valence electrons. The molecule has 1 aromatic carbocycles. The molecule has 0 saturated carbocycles. The van der Waals surface area contributed by atoms with Crippen LogP contribution in [0.5, 0.6) is 5.75 Å². The number of nitro groups is 1. The van der Waals surface area contributed by atoms with Crippen LogP contribution in [0.4, 0.5) is 18.9 Å². The average Bonchev–Trinajstić information content (AvgIpc) is 2.27. The Hall–Kier alpha value is -2.32. The fourth-order valence-electron chi connectivity index (χ4n) is 1.15. The summed E-state index contributed by atoms with van der Waals surface area (Å²) >= 11 is 0. The third-order valence-electron chi connectivity index (χ3n) is 2.17. The zero-order chi connectivity index (χ0) is 14.8. The number of carboxylic acid groups (broad SMARTS) is 1. The molecule has 0 heterocycles. The molecule has 0 fully saturated rings. The second-order valence-electron chi connectivity index (χ2n) is 3.55. The number of hydrogen-bond donors (Lipinski definition) is 1. The van der Waals surface area contributed by atoms with Crippen LogP contribution in [0.15, 0.2) is 18.2 Å². The van der Waals surface area contributed by atoms with Crippen LogP contribution < -0.4 is 4.74 Å². The van der Waals surface area contributed by atoms with Gasteiger partial charge in [0.05, 0.1) is 10.5 Å². The van der Waals surface area contributed by atoms with Crippen LogP contribution in [0, 0.1) is 10.1 Å². The summed E-state index contributed by atoms with van der Waals surface area (Å²) in [5.41, 5.74) is -1.14. The van der Waals surface area contributed by atoms with E-state index < -0.39 is 40.2 Å². The van der Waals surface area contributed by atoms with Gasteiger partial charge in [-0.15, -0.1) is 0 Å². The number of benzene rings is 1. The van der Waals surface area contributed by atoms with E-state index in [9.17, 15) is 28.1 Å². The fraction of sp³-hybridized carbons (Fsp3) is 0.300. The quantitative estimate of drug-likeness (QED) is 0.675. The minimum atomic E-state index is -4.72. The van der Waals surface area contributed by atoms with Crippen molar-refractivity contribution in [3.05, 3.63) is 33.9 Å². The third kappa shape index (κ3) is 3.57. The van der Waals surface area contributed by atoms with Gasteiger partial charge in [-0.05, 0) is 13.0 Å². The summed E-state index contributed by atoms with van der Waals surface area (Å²) < 4.78 is 41.4. The van der Waals surface area contributed by atoms with E-state index in [0.717, 1.165) is 12.1 Å². The first-order valence-electron chi connectivity index (χ1n) is 4.88. The maximum absolute atomic E-state index is 12.3. The lowest BCUT2D eigenvalue weighted by molar-refractivity contribution is -0.386. The second-order valence-corrected chi connectivity index (χ2v) is 3.55. The maximum Gasteiger partial charge on any atom is 0.425 e. The second kappa shape index (κ2) is 5.12. The predicted octanol–water partition coefficient (Wildman–Crippen LogP) is 2.62. The Morgan fingerprint density at radius 2 is 2.05 bits per heavy atom. The lowest BCUT2D eigenvalue weighted by atomic mass is 10.2. The number of carbonyl (C=O) groups is 1. The van der Waals surface area contributed by atoms with Gasteiger partial charge in [-0.1, -0.05) is 0 Å². The van der Waals surface area contributed by atoms with E-state index in [4.69, 9.17) is 5.11 Å². The number of nitro benzene ring substituents is 1. The Morgan fingerprint density at radius 3 is 2.47 bits per heavy atom. The highest BCUT2D eigenvalue weighted by atomic mass is 19.4. The van der Waals surface area contributed by atoms with Crippen LogP contribution in [0.25, 0.3) is 0 Å². The van der Waals surface area contributed by atoms with E-state index >= 15 is 0 Å². The molecule has 0 aliphatic heterocycles. The summed E-state index contributed by atoms with van der Waals surface area (Å²) in [6.45, 7) is 0.664. The van der Waals surface area contributed by atoms with Crippen molar-refractivity contribution in [2.75, 3.05) is 0 Å². The minimum Gasteiger partial charge on any atom is -0.478 e. The molecule has 0 aliphatic carbocycles. The maximum atomic E-state index is 12.3. The molecule has 0 aromatic heterocycles. The Morgan fingerprint density at radius 1 is 1.47 bits per heavy atom. The summed E-state index contributed by atoms with van der Waals surface area (Å²) in [6.07, 6.45) is -7.01. The van der Waals surface area contributed by atoms with Gasteiger partial charge in [-0.25, -0.2) is 4.79 Å². The highest BCUT2D eigenvalue weighted by Crippen LogP contribution is 2.32. The fourth-order valence-corrected chi connectivity index (χ4v) is 1.15. The van der Waals surface area contributed by atoms with Gasteiger partial charge >= 0.3 is 17.8 Å². The molecule has 1 rings (SSSR count). The number of halogens is 3. The number of alkyl halides is 3. The minimum absolute atomic E-state index is 0.407. The Labute approximate surface area is 104 Å². The number of ether oxygens (including phenoxy) is 1. The first kappa shape index (κ1) is 14.7. The van der Waals surface area contributed by atoms with Crippen LogP contribution in [-0.2, 0) is 0 Å². The molecule has 0 bridgehead atoms. The number of hydrogen-bond acceptors (Lipinski definition) is 4. The predicted molar refractivity (Wildman–Crippen MR) is 56.2 cm³/mol. The zero-order valence-electron chi connectivity index (χ0n) is 9.47. The lowest BCUT2D eigenvalue weighted by Gasteiger charge is -2.17. The first-order chi connectivity index (χ1) is 8.62. The Balaban J connectivity index is 3.18. The normalized spacial score (nSPS) is 12.8.